The van der Waals surface area contributed by atoms with Gasteiger partial charge in [-0.25, -0.2) is 0 Å². The van der Waals surface area contributed by atoms with E-state index in [-0.39, 0.29) is 10.8 Å². The van der Waals surface area contributed by atoms with Crippen LogP contribution >= 0.6 is 0 Å². The Labute approximate surface area is 381 Å². The van der Waals surface area contributed by atoms with Crippen LogP contribution in [-0.2, 0) is 5.41 Å². The predicted molar refractivity (Wildman–Crippen MR) is 281 cm³/mol. The average molecular weight is 849 g/mol. The van der Waals surface area contributed by atoms with Crippen molar-refractivity contribution in [3.05, 3.63) is 199 Å². The first-order valence-electron chi connectivity index (χ1n) is 23.0. The first-order valence-corrected chi connectivity index (χ1v) is 26.5. The molecule has 2 nitrogen and oxygen atoms in total. The molecule has 318 valence electrons. The van der Waals surface area contributed by atoms with Crippen LogP contribution in [0.15, 0.2) is 182 Å². The van der Waals surface area contributed by atoms with Crippen molar-refractivity contribution in [2.75, 3.05) is 9.80 Å². The lowest BCUT2D eigenvalue weighted by molar-refractivity contribution is 0.0965. The van der Waals surface area contributed by atoms with Crippen LogP contribution in [0.3, 0.4) is 0 Å². The normalized spacial score (nSPS) is 13.6. The van der Waals surface area contributed by atoms with Crippen LogP contribution in [0.25, 0.3) is 43.4 Å². The summed E-state index contributed by atoms with van der Waals surface area (Å²) in [5.74, 6) is 0. The fraction of sp³-hybridized carbons (Fsp3) is 0.213. The minimum Gasteiger partial charge on any atom is -0.310 e. The van der Waals surface area contributed by atoms with Gasteiger partial charge < -0.3 is 9.80 Å². The van der Waals surface area contributed by atoms with Gasteiger partial charge in [0, 0.05) is 39.2 Å². The van der Waals surface area contributed by atoms with Gasteiger partial charge in [0.25, 0.3) is 0 Å². The van der Waals surface area contributed by atoms with E-state index in [1.165, 1.54) is 76.7 Å². The fourth-order valence-corrected chi connectivity index (χ4v) is 12.9. The Balaban J connectivity index is 1.33. The van der Waals surface area contributed by atoms with E-state index in [9.17, 15) is 0 Å². The highest BCUT2D eigenvalue weighted by atomic mass is 28.3. The molecule has 10 rings (SSSR count). The molecule has 9 aromatic rings. The largest absolute Gasteiger partial charge is 0.310 e. The van der Waals surface area contributed by atoms with Crippen molar-refractivity contribution in [3.8, 4) is 11.1 Å². The minimum absolute atomic E-state index is 0.201. The molecule has 0 bridgehead atoms. The standard InChI is InChI=1S/C61H60N2Si/c1-41-29-31-44(32-30-41)62(42-21-13-11-14-22-42)46-35-38-52-53(39-46)48-25-17-19-27-50(48)57-56-51-28-20-18-26-49(51)55(40-54(56)61(58(52)57,59(2,3)4)60(5,6)7)63(43-23-15-12-16-24-43)45-33-36-47(37-34-45)64(8,9)10/h11-40H,1-10H3. The number of anilines is 6. The maximum absolute atomic E-state index is 2.61. The number of aryl methyl sites for hydroxylation is 1. The van der Waals surface area contributed by atoms with E-state index in [0.29, 0.717) is 0 Å². The maximum Gasteiger partial charge on any atom is 0.0775 e. The lowest BCUT2D eigenvalue weighted by atomic mass is 9.49. The van der Waals surface area contributed by atoms with E-state index in [0.717, 1.165) is 22.7 Å². The van der Waals surface area contributed by atoms with Gasteiger partial charge >= 0.3 is 0 Å². The molecule has 1 aliphatic carbocycles. The zero-order chi connectivity index (χ0) is 44.8. The molecule has 0 saturated carbocycles. The second-order valence-electron chi connectivity index (χ2n) is 21.1. The molecule has 0 N–H and O–H groups in total. The second-order valence-corrected chi connectivity index (χ2v) is 26.2. The molecule has 9 aromatic carbocycles. The van der Waals surface area contributed by atoms with Crippen LogP contribution in [-0.4, -0.2) is 8.07 Å². The summed E-state index contributed by atoms with van der Waals surface area (Å²) in [5.41, 5.74) is 13.0. The van der Waals surface area contributed by atoms with Crippen molar-refractivity contribution in [3.63, 3.8) is 0 Å². The molecule has 0 fully saturated rings. The van der Waals surface area contributed by atoms with E-state index in [4.69, 9.17) is 0 Å². The molecular formula is C61H60N2Si. The summed E-state index contributed by atoms with van der Waals surface area (Å²) < 4.78 is 0. The van der Waals surface area contributed by atoms with E-state index < -0.39 is 13.5 Å². The molecule has 0 amide bonds. The molecule has 0 atom stereocenters. The van der Waals surface area contributed by atoms with E-state index >= 15 is 0 Å². The quantitative estimate of drug-likeness (QED) is 0.116. The van der Waals surface area contributed by atoms with Gasteiger partial charge in [-0.05, 0) is 134 Å². The van der Waals surface area contributed by atoms with Crippen LogP contribution in [0.5, 0.6) is 0 Å². The Kier molecular flexibility index (Phi) is 9.81. The van der Waals surface area contributed by atoms with E-state index in [2.05, 4.69) is 260 Å². The van der Waals surface area contributed by atoms with E-state index in [1.807, 2.05) is 0 Å². The van der Waals surface area contributed by atoms with Gasteiger partial charge in [0.05, 0.1) is 13.8 Å². The summed E-state index contributed by atoms with van der Waals surface area (Å²) in [5, 5.41) is 9.19. The molecular weight excluding hydrogens is 789 g/mol. The number of hydrogen-bond donors (Lipinski definition) is 0. The smallest absolute Gasteiger partial charge is 0.0775 e. The van der Waals surface area contributed by atoms with Crippen molar-refractivity contribution < 1.29 is 0 Å². The molecule has 0 heterocycles. The Morgan fingerprint density at radius 2 is 0.844 bits per heavy atom. The van der Waals surface area contributed by atoms with Crippen LogP contribution in [0.4, 0.5) is 34.1 Å². The van der Waals surface area contributed by atoms with Crippen LogP contribution in [0.2, 0.25) is 19.6 Å². The average Bonchev–Trinajstić information content (AvgIpc) is 3.62. The zero-order valence-electron chi connectivity index (χ0n) is 39.2. The third kappa shape index (κ3) is 6.42. The van der Waals surface area contributed by atoms with Gasteiger partial charge in [-0.3, -0.25) is 0 Å². The number of para-hydroxylation sites is 2. The SMILES string of the molecule is Cc1ccc(N(c2ccccc2)c2ccc3c4c(c5ccccc5c3c2)-c2c(cc(N(c3ccccc3)c3ccc([Si](C)(C)C)cc3)c3ccccc23)C4(C(C)(C)C)C(C)(C)C)cc1. The van der Waals surface area contributed by atoms with Crippen molar-refractivity contribution in [1.29, 1.82) is 0 Å². The summed E-state index contributed by atoms with van der Waals surface area (Å²) in [6, 6.07) is 68.5. The lowest BCUT2D eigenvalue weighted by Gasteiger charge is -2.53. The molecule has 3 heteroatoms. The maximum atomic E-state index is 2.61. The van der Waals surface area contributed by atoms with Crippen molar-refractivity contribution in [2.24, 2.45) is 10.8 Å². The molecule has 0 saturated heterocycles. The van der Waals surface area contributed by atoms with Gasteiger partial charge in [0.2, 0.25) is 0 Å². The number of fused-ring (bicyclic) bond motifs is 10. The van der Waals surface area contributed by atoms with Gasteiger partial charge in [-0.15, -0.1) is 0 Å². The van der Waals surface area contributed by atoms with Crippen LogP contribution in [0, 0.1) is 17.8 Å². The highest BCUT2D eigenvalue weighted by Crippen LogP contribution is 2.69. The Hall–Kier alpha value is -6.42. The number of hydrogen-bond acceptors (Lipinski definition) is 2. The van der Waals surface area contributed by atoms with Crippen LogP contribution in [0.1, 0.15) is 58.2 Å². The molecule has 0 aromatic heterocycles. The third-order valence-corrected chi connectivity index (χ3v) is 16.2. The second kappa shape index (κ2) is 15.1. The Bertz CT molecular complexity index is 3190. The first-order chi connectivity index (χ1) is 30.6. The summed E-state index contributed by atoms with van der Waals surface area (Å²) >= 11 is 0. The van der Waals surface area contributed by atoms with Crippen molar-refractivity contribution in [1.82, 2.24) is 0 Å². The molecule has 0 aliphatic heterocycles. The van der Waals surface area contributed by atoms with Gasteiger partial charge in [0.1, 0.15) is 0 Å². The molecule has 0 radical (unpaired) electrons. The first kappa shape index (κ1) is 41.6. The van der Waals surface area contributed by atoms with E-state index in [1.54, 1.807) is 0 Å². The number of rotatable bonds is 7. The molecule has 64 heavy (non-hydrogen) atoms. The summed E-state index contributed by atoms with van der Waals surface area (Å²) in [4.78, 5) is 4.92. The zero-order valence-corrected chi connectivity index (χ0v) is 40.2. The van der Waals surface area contributed by atoms with Gasteiger partial charge in [-0.1, -0.05) is 187 Å². The Morgan fingerprint density at radius 1 is 0.391 bits per heavy atom. The van der Waals surface area contributed by atoms with Gasteiger partial charge in [-0.2, -0.15) is 0 Å². The fourth-order valence-electron chi connectivity index (χ4n) is 11.7. The topological polar surface area (TPSA) is 6.48 Å². The molecule has 0 unspecified atom stereocenters. The predicted octanol–water partition coefficient (Wildman–Crippen LogP) is 17.3. The monoisotopic (exact) mass is 848 g/mol. The third-order valence-electron chi connectivity index (χ3n) is 14.1. The van der Waals surface area contributed by atoms with Gasteiger partial charge in [0.15, 0.2) is 0 Å². The number of nitrogens with zero attached hydrogens (tertiary/aromatic N) is 2. The minimum atomic E-state index is -1.52. The highest BCUT2D eigenvalue weighted by Gasteiger charge is 2.59. The summed E-state index contributed by atoms with van der Waals surface area (Å²) in [6.07, 6.45) is 0. The Morgan fingerprint density at radius 3 is 1.41 bits per heavy atom. The highest BCUT2D eigenvalue weighted by molar-refractivity contribution is 6.88. The lowest BCUT2D eigenvalue weighted by Crippen LogP contribution is -2.50. The molecule has 1 aliphatic rings. The summed E-state index contributed by atoms with van der Waals surface area (Å²) in [6.45, 7) is 24.4. The molecule has 0 spiro atoms. The summed E-state index contributed by atoms with van der Waals surface area (Å²) in [7, 11) is -1.52. The van der Waals surface area contributed by atoms with Crippen LogP contribution < -0.4 is 15.0 Å². The number of benzene rings is 9. The van der Waals surface area contributed by atoms with Crippen molar-refractivity contribution >= 4 is 79.7 Å². The van der Waals surface area contributed by atoms with Crippen molar-refractivity contribution in [2.45, 2.75) is 73.5 Å².